The van der Waals surface area contributed by atoms with E-state index in [1.807, 2.05) is 0 Å². The molecule has 108 valence electrons. The summed E-state index contributed by atoms with van der Waals surface area (Å²) in [7, 11) is 0. The van der Waals surface area contributed by atoms with E-state index in [2.05, 4.69) is 5.32 Å². The Hall–Kier alpha value is -1.63. The number of amides is 2. The molecular weight excluding hydrogens is 250 g/mol. The second-order valence-electron chi connectivity index (χ2n) is 5.29. The minimum atomic E-state index is -1.18. The Morgan fingerprint density at radius 1 is 1.47 bits per heavy atom. The van der Waals surface area contributed by atoms with Crippen molar-refractivity contribution in [3.63, 3.8) is 0 Å². The number of carboxylic acids is 1. The fourth-order valence-electron chi connectivity index (χ4n) is 2.34. The van der Waals surface area contributed by atoms with Crippen LogP contribution >= 0.6 is 0 Å². The molecule has 1 rings (SSSR count). The Kier molecular flexibility index (Phi) is 4.88. The highest BCUT2D eigenvalue weighted by atomic mass is 16.4. The van der Waals surface area contributed by atoms with E-state index in [-0.39, 0.29) is 24.8 Å². The lowest BCUT2D eigenvalue weighted by molar-refractivity contribution is -0.144. The molecule has 0 saturated heterocycles. The zero-order chi connectivity index (χ0) is 14.6. The first-order valence-electron chi connectivity index (χ1n) is 6.35. The van der Waals surface area contributed by atoms with Crippen LogP contribution in [0.5, 0.6) is 0 Å². The third-order valence-corrected chi connectivity index (χ3v) is 3.83. The van der Waals surface area contributed by atoms with Crippen molar-refractivity contribution in [1.29, 1.82) is 0 Å². The molecule has 6 N–H and O–H groups in total. The summed E-state index contributed by atoms with van der Waals surface area (Å²) in [6.45, 7) is 1.74. The van der Waals surface area contributed by atoms with Gasteiger partial charge in [-0.15, -0.1) is 0 Å². The molecule has 0 aromatic heterocycles. The number of primary amides is 1. The summed E-state index contributed by atoms with van der Waals surface area (Å²) in [4.78, 5) is 33.9. The number of hydrogen-bond acceptors (Lipinski definition) is 4. The Labute approximate surface area is 111 Å². The van der Waals surface area contributed by atoms with Crippen LogP contribution in [0.1, 0.15) is 39.0 Å². The number of carbonyl (C=O) groups excluding carboxylic acids is 2. The number of nitrogens with one attached hydrogen (secondary N) is 1. The van der Waals surface area contributed by atoms with Crippen LogP contribution in [0.3, 0.4) is 0 Å². The van der Waals surface area contributed by atoms with Crippen LogP contribution in [-0.2, 0) is 14.4 Å². The molecule has 7 nitrogen and oxygen atoms in total. The van der Waals surface area contributed by atoms with Gasteiger partial charge >= 0.3 is 5.97 Å². The van der Waals surface area contributed by atoms with E-state index in [1.54, 1.807) is 6.92 Å². The van der Waals surface area contributed by atoms with Crippen LogP contribution in [0.2, 0.25) is 0 Å². The first-order valence-corrected chi connectivity index (χ1v) is 6.35. The number of nitrogens with two attached hydrogens (primary N) is 2. The number of carboxylic acid groups (broad SMARTS) is 1. The molecule has 1 fully saturated rings. The van der Waals surface area contributed by atoms with Gasteiger partial charge in [0.2, 0.25) is 11.8 Å². The van der Waals surface area contributed by atoms with Crippen LogP contribution in [-0.4, -0.2) is 35.0 Å². The Morgan fingerprint density at radius 2 is 2.11 bits per heavy atom. The van der Waals surface area contributed by atoms with Crippen molar-refractivity contribution in [2.45, 2.75) is 51.1 Å². The average Bonchev–Trinajstić information content (AvgIpc) is 2.65. The number of hydrogen-bond donors (Lipinski definition) is 4. The van der Waals surface area contributed by atoms with Crippen molar-refractivity contribution in [3.05, 3.63) is 0 Å². The summed E-state index contributed by atoms with van der Waals surface area (Å²) in [6.07, 6.45) is 2.15. The Morgan fingerprint density at radius 3 is 2.53 bits per heavy atom. The highest BCUT2D eigenvalue weighted by Gasteiger charge is 2.43. The fourth-order valence-corrected chi connectivity index (χ4v) is 2.34. The standard InChI is InChI=1S/C12H21N3O4/c1-12(6-2-3-8(12)13)11(19)15-7(10(17)18)4-5-9(14)16/h7-8H,2-6,13H2,1H3,(H2,14,16)(H,15,19)(H,17,18). The fraction of sp³-hybridized carbons (Fsp3) is 0.750. The predicted molar refractivity (Wildman–Crippen MR) is 67.9 cm³/mol. The van der Waals surface area contributed by atoms with Crippen LogP contribution in [0, 0.1) is 5.41 Å². The summed E-state index contributed by atoms with van der Waals surface area (Å²) < 4.78 is 0. The van der Waals surface area contributed by atoms with E-state index in [4.69, 9.17) is 16.6 Å². The highest BCUT2D eigenvalue weighted by Crippen LogP contribution is 2.36. The van der Waals surface area contributed by atoms with E-state index < -0.39 is 23.3 Å². The summed E-state index contributed by atoms with van der Waals surface area (Å²) in [6, 6.07) is -1.37. The molecule has 0 aromatic carbocycles. The van der Waals surface area contributed by atoms with E-state index in [0.29, 0.717) is 6.42 Å². The summed E-state index contributed by atoms with van der Waals surface area (Å²) in [5, 5.41) is 11.5. The van der Waals surface area contributed by atoms with Gasteiger partial charge in [-0.25, -0.2) is 4.79 Å². The SMILES string of the molecule is CC1(C(=O)NC(CCC(N)=O)C(=O)O)CCCC1N. The molecule has 7 heteroatoms. The maximum atomic E-state index is 12.2. The average molecular weight is 271 g/mol. The van der Waals surface area contributed by atoms with Crippen molar-refractivity contribution in [3.8, 4) is 0 Å². The third kappa shape index (κ3) is 3.66. The minimum absolute atomic E-state index is 0.0122. The van der Waals surface area contributed by atoms with Crippen molar-refractivity contribution >= 4 is 17.8 Å². The molecule has 0 bridgehead atoms. The highest BCUT2D eigenvalue weighted by molar-refractivity contribution is 5.88. The first-order chi connectivity index (χ1) is 8.77. The molecule has 0 radical (unpaired) electrons. The van der Waals surface area contributed by atoms with Crippen LogP contribution in [0.4, 0.5) is 0 Å². The molecule has 1 saturated carbocycles. The predicted octanol–water partition coefficient (Wildman–Crippen LogP) is -0.661. The van der Waals surface area contributed by atoms with Crippen molar-refractivity contribution < 1.29 is 19.5 Å². The van der Waals surface area contributed by atoms with Gasteiger partial charge in [-0.05, 0) is 26.2 Å². The van der Waals surface area contributed by atoms with E-state index >= 15 is 0 Å². The molecule has 3 unspecified atom stereocenters. The van der Waals surface area contributed by atoms with E-state index in [1.165, 1.54) is 0 Å². The quantitative estimate of drug-likeness (QED) is 0.508. The molecule has 1 aliphatic rings. The van der Waals surface area contributed by atoms with Crippen molar-refractivity contribution in [1.82, 2.24) is 5.32 Å². The second-order valence-corrected chi connectivity index (χ2v) is 5.29. The summed E-state index contributed by atoms with van der Waals surface area (Å²) >= 11 is 0. The first kappa shape index (κ1) is 15.4. The molecule has 0 aliphatic heterocycles. The minimum Gasteiger partial charge on any atom is -0.480 e. The number of aliphatic carboxylic acids is 1. The molecule has 1 aliphatic carbocycles. The van der Waals surface area contributed by atoms with Gasteiger partial charge in [-0.3, -0.25) is 9.59 Å². The van der Waals surface area contributed by atoms with Crippen molar-refractivity contribution in [2.24, 2.45) is 16.9 Å². The van der Waals surface area contributed by atoms with Gasteiger partial charge in [0.1, 0.15) is 6.04 Å². The maximum Gasteiger partial charge on any atom is 0.326 e. The lowest BCUT2D eigenvalue weighted by Gasteiger charge is -2.29. The smallest absolute Gasteiger partial charge is 0.326 e. The molecular formula is C12H21N3O4. The van der Waals surface area contributed by atoms with Gasteiger partial charge in [0, 0.05) is 12.5 Å². The van der Waals surface area contributed by atoms with Crippen LogP contribution in [0.15, 0.2) is 0 Å². The van der Waals surface area contributed by atoms with Gasteiger partial charge < -0.3 is 21.9 Å². The monoisotopic (exact) mass is 271 g/mol. The van der Waals surface area contributed by atoms with Gasteiger partial charge in [0.15, 0.2) is 0 Å². The molecule has 0 heterocycles. The molecule has 0 spiro atoms. The second kappa shape index (κ2) is 6.01. The molecule has 0 aromatic rings. The zero-order valence-electron chi connectivity index (χ0n) is 11.0. The summed E-state index contributed by atoms with van der Waals surface area (Å²) in [5.74, 6) is -2.14. The maximum absolute atomic E-state index is 12.2. The van der Waals surface area contributed by atoms with Gasteiger partial charge in [0.25, 0.3) is 0 Å². The van der Waals surface area contributed by atoms with E-state index in [9.17, 15) is 14.4 Å². The number of carbonyl (C=O) groups is 3. The third-order valence-electron chi connectivity index (χ3n) is 3.83. The van der Waals surface area contributed by atoms with Crippen LogP contribution < -0.4 is 16.8 Å². The van der Waals surface area contributed by atoms with Crippen molar-refractivity contribution in [2.75, 3.05) is 0 Å². The number of rotatable bonds is 6. The van der Waals surface area contributed by atoms with Gasteiger partial charge in [-0.2, -0.15) is 0 Å². The topological polar surface area (TPSA) is 136 Å². The largest absolute Gasteiger partial charge is 0.480 e. The zero-order valence-corrected chi connectivity index (χ0v) is 11.0. The molecule has 2 amide bonds. The Bertz CT molecular complexity index is 385. The lowest BCUT2D eigenvalue weighted by Crippen LogP contribution is -2.52. The normalized spacial score (nSPS) is 27.8. The van der Waals surface area contributed by atoms with Gasteiger partial charge in [0.05, 0.1) is 5.41 Å². The van der Waals surface area contributed by atoms with E-state index in [0.717, 1.165) is 12.8 Å². The summed E-state index contributed by atoms with van der Waals surface area (Å²) in [5.41, 5.74) is 10.1. The Balaban J connectivity index is 2.66. The molecule has 3 atom stereocenters. The molecule has 19 heavy (non-hydrogen) atoms. The lowest BCUT2D eigenvalue weighted by atomic mass is 9.84. The van der Waals surface area contributed by atoms with Gasteiger partial charge in [-0.1, -0.05) is 6.42 Å². The van der Waals surface area contributed by atoms with Crippen LogP contribution in [0.25, 0.3) is 0 Å².